The first-order chi connectivity index (χ1) is 9.51. The molecule has 0 saturated heterocycles. The summed E-state index contributed by atoms with van der Waals surface area (Å²) in [6, 6.07) is 10.3. The number of hydrogen-bond acceptors (Lipinski definition) is 0. The third-order valence-electron chi connectivity index (χ3n) is 3.80. The number of allylic oxidation sites excluding steroid dienone is 5. The van der Waals surface area contributed by atoms with Crippen LogP contribution in [0, 0.1) is 0 Å². The molecule has 2 heteroatoms. The fourth-order valence-electron chi connectivity index (χ4n) is 2.99. The van der Waals surface area contributed by atoms with Crippen molar-refractivity contribution in [3.05, 3.63) is 65.3 Å². The zero-order chi connectivity index (χ0) is 14.2. The summed E-state index contributed by atoms with van der Waals surface area (Å²) < 4.78 is 2.49. The molecule has 0 radical (unpaired) electrons. The number of fused-ring (bicyclic) bond motifs is 1. The second-order valence-corrected chi connectivity index (χ2v) is 16.1. The quantitative estimate of drug-likeness (QED) is 0.642. The summed E-state index contributed by atoms with van der Waals surface area (Å²) in [5.41, 5.74) is 4.71. The molecule has 1 aromatic carbocycles. The molecule has 0 bridgehead atoms. The van der Waals surface area contributed by atoms with E-state index in [1.807, 2.05) is 0 Å². The minimum absolute atomic E-state index is 0.526. The Morgan fingerprint density at radius 2 is 2.00 bits per heavy atom. The van der Waals surface area contributed by atoms with E-state index in [4.69, 9.17) is 0 Å². The monoisotopic (exact) mass is 356 g/mol. The Kier molecular flexibility index (Phi) is 4.15. The molecule has 3 rings (SSSR count). The van der Waals surface area contributed by atoms with E-state index in [0.29, 0.717) is 0 Å². The van der Waals surface area contributed by atoms with Crippen molar-refractivity contribution in [2.24, 2.45) is 0 Å². The average Bonchev–Trinajstić information content (AvgIpc) is 2.96. The third-order valence-corrected chi connectivity index (χ3v) is 8.90. The molecule has 1 unspecified atom stereocenters. The molecule has 0 aliphatic heterocycles. The van der Waals surface area contributed by atoms with Gasteiger partial charge in [0.25, 0.3) is 0 Å². The third kappa shape index (κ3) is 3.40. The van der Waals surface area contributed by atoms with Gasteiger partial charge in [0.05, 0.1) is 0 Å². The first kappa shape index (κ1) is 14.5. The van der Waals surface area contributed by atoms with E-state index in [-0.39, 0.29) is 0 Å². The molecule has 0 saturated carbocycles. The molecule has 2 aliphatic rings. The summed E-state index contributed by atoms with van der Waals surface area (Å²) in [6.07, 6.45) is 11.1. The molecule has 0 N–H and O–H groups in total. The van der Waals surface area contributed by atoms with Gasteiger partial charge in [-0.05, 0) is 0 Å². The van der Waals surface area contributed by atoms with Crippen LogP contribution in [0.4, 0.5) is 0 Å². The molecule has 20 heavy (non-hydrogen) atoms. The van der Waals surface area contributed by atoms with E-state index < -0.39 is 31.3 Å². The van der Waals surface area contributed by atoms with Gasteiger partial charge in [0.15, 0.2) is 0 Å². The van der Waals surface area contributed by atoms with Gasteiger partial charge in [-0.25, -0.2) is 0 Å². The molecule has 0 heterocycles. The van der Waals surface area contributed by atoms with Crippen LogP contribution >= 0.6 is 0 Å². The SMILES string of the molecule is C[Si](C)(C)CC1=C[CH]([Zr][C]2=CCc3ccccc32)C=C1. The maximum absolute atomic E-state index is 2.58. The van der Waals surface area contributed by atoms with Gasteiger partial charge in [-0.15, -0.1) is 0 Å². The molecule has 1 aromatic rings. The molecule has 0 amide bonds. The Morgan fingerprint density at radius 1 is 1.20 bits per heavy atom. The fourth-order valence-corrected chi connectivity index (χ4v) is 8.06. The van der Waals surface area contributed by atoms with Gasteiger partial charge in [0.2, 0.25) is 0 Å². The summed E-state index contributed by atoms with van der Waals surface area (Å²) in [7, 11) is -0.969. The molecule has 0 spiro atoms. The minimum atomic E-state index is -0.969. The van der Waals surface area contributed by atoms with E-state index in [0.717, 1.165) is 10.0 Å². The molecule has 0 aromatic heterocycles. The molecule has 0 nitrogen and oxygen atoms in total. The van der Waals surface area contributed by atoms with Crippen molar-refractivity contribution in [3.63, 3.8) is 0 Å². The topological polar surface area (TPSA) is 0 Å². The number of rotatable bonds is 4. The van der Waals surface area contributed by atoms with Crippen LogP contribution in [0.3, 0.4) is 0 Å². The van der Waals surface area contributed by atoms with Crippen LogP contribution in [0.25, 0.3) is 3.28 Å². The standard InChI is InChI=1S/C9H15Si.C9H7.Zr/c1-10(2,3)8-9-6-4-5-7-9;1-2-5-9-7-3-6-8(9)4-1;/h4-7H,8H2,1-3H3;1-5H,6H2;. The predicted octanol–water partition coefficient (Wildman–Crippen LogP) is 5.29. The Balaban J connectivity index is 1.68. The molecule has 0 fully saturated rings. The van der Waals surface area contributed by atoms with Crippen LogP contribution < -0.4 is 0 Å². The maximum atomic E-state index is 2.58. The van der Waals surface area contributed by atoms with Crippen LogP contribution in [-0.2, 0) is 29.7 Å². The van der Waals surface area contributed by atoms with Crippen molar-refractivity contribution in [1.29, 1.82) is 0 Å². The van der Waals surface area contributed by atoms with Crippen LogP contribution in [0.1, 0.15) is 11.1 Å². The van der Waals surface area contributed by atoms with Crippen molar-refractivity contribution in [2.45, 2.75) is 35.7 Å². The van der Waals surface area contributed by atoms with Gasteiger partial charge in [0.1, 0.15) is 0 Å². The summed E-state index contributed by atoms with van der Waals surface area (Å²) in [5.74, 6) is 0. The normalized spacial score (nSPS) is 20.6. The summed E-state index contributed by atoms with van der Waals surface area (Å²) in [4.78, 5) is 0. The molecule has 2 aliphatic carbocycles. The Labute approximate surface area is 135 Å². The first-order valence-corrected chi connectivity index (χ1v) is 13.8. The van der Waals surface area contributed by atoms with Crippen molar-refractivity contribution in [2.75, 3.05) is 0 Å². The zero-order valence-electron chi connectivity index (χ0n) is 12.6. The predicted molar refractivity (Wildman–Crippen MR) is 87.2 cm³/mol. The van der Waals surface area contributed by atoms with E-state index in [1.165, 1.54) is 11.6 Å². The second-order valence-electron chi connectivity index (χ2n) is 6.99. The van der Waals surface area contributed by atoms with Gasteiger partial charge in [-0.2, -0.15) is 0 Å². The Bertz CT molecular complexity index is 602. The van der Waals surface area contributed by atoms with Crippen LogP contribution in [0.2, 0.25) is 29.3 Å². The van der Waals surface area contributed by atoms with Crippen LogP contribution in [0.15, 0.2) is 54.1 Å². The molecule has 1 atom stereocenters. The van der Waals surface area contributed by atoms with E-state index in [9.17, 15) is 0 Å². The summed E-state index contributed by atoms with van der Waals surface area (Å²) in [5, 5.41) is 0. The van der Waals surface area contributed by atoms with Crippen molar-refractivity contribution < 1.29 is 23.2 Å². The summed E-state index contributed by atoms with van der Waals surface area (Å²) >= 11 is -0.526. The van der Waals surface area contributed by atoms with Crippen LogP contribution in [0.5, 0.6) is 0 Å². The number of hydrogen-bond donors (Lipinski definition) is 0. The van der Waals surface area contributed by atoms with Gasteiger partial charge in [0, 0.05) is 0 Å². The Morgan fingerprint density at radius 3 is 2.80 bits per heavy atom. The van der Waals surface area contributed by atoms with E-state index in [2.05, 4.69) is 68.2 Å². The summed E-state index contributed by atoms with van der Waals surface area (Å²) in [6.45, 7) is 7.39. The fraction of sp³-hybridized carbons (Fsp3) is 0.333. The van der Waals surface area contributed by atoms with E-state index in [1.54, 1.807) is 14.4 Å². The van der Waals surface area contributed by atoms with Gasteiger partial charge in [-0.1, -0.05) is 0 Å². The average molecular weight is 358 g/mol. The number of benzene rings is 1. The molecular formula is C18H22SiZr. The van der Waals surface area contributed by atoms with Crippen molar-refractivity contribution >= 4 is 11.4 Å². The van der Waals surface area contributed by atoms with E-state index >= 15 is 0 Å². The van der Waals surface area contributed by atoms with Crippen LogP contribution in [-0.4, -0.2) is 8.07 Å². The Hall–Kier alpha value is -0.460. The molecular weight excluding hydrogens is 336 g/mol. The van der Waals surface area contributed by atoms with Crippen molar-refractivity contribution in [3.8, 4) is 0 Å². The van der Waals surface area contributed by atoms with Gasteiger partial charge in [-0.3, -0.25) is 0 Å². The van der Waals surface area contributed by atoms with Gasteiger partial charge >= 0.3 is 136 Å². The van der Waals surface area contributed by atoms with Crippen molar-refractivity contribution in [1.82, 2.24) is 0 Å². The zero-order valence-corrected chi connectivity index (χ0v) is 16.1. The first-order valence-electron chi connectivity index (χ1n) is 7.45. The molecule has 102 valence electrons. The van der Waals surface area contributed by atoms with Gasteiger partial charge < -0.3 is 0 Å². The second kappa shape index (κ2) is 5.73.